The summed E-state index contributed by atoms with van der Waals surface area (Å²) >= 11 is 6.34. The number of hydrogen-bond acceptors (Lipinski definition) is 6. The van der Waals surface area contributed by atoms with Gasteiger partial charge in [0.25, 0.3) is 0 Å². The minimum Gasteiger partial charge on any atom is -0.481 e. The highest BCUT2D eigenvalue weighted by Gasteiger charge is 2.24. The van der Waals surface area contributed by atoms with Crippen LogP contribution in [-0.2, 0) is 6.42 Å². The van der Waals surface area contributed by atoms with E-state index in [2.05, 4.69) is 14.9 Å². The van der Waals surface area contributed by atoms with E-state index in [4.69, 9.17) is 22.1 Å². The van der Waals surface area contributed by atoms with E-state index in [9.17, 15) is 5.11 Å². The van der Waals surface area contributed by atoms with Gasteiger partial charge in [-0.3, -0.25) is 4.98 Å². The lowest BCUT2D eigenvalue weighted by molar-refractivity contribution is 0.0542. The van der Waals surface area contributed by atoms with Gasteiger partial charge < -0.3 is 20.5 Å². The predicted molar refractivity (Wildman–Crippen MR) is 89.8 cm³/mol. The molecule has 6 nitrogen and oxygen atoms in total. The molecule has 23 heavy (non-hydrogen) atoms. The van der Waals surface area contributed by atoms with Crippen molar-refractivity contribution >= 4 is 22.6 Å². The number of nitrogens with two attached hydrogens (primary N) is 1. The van der Waals surface area contributed by atoms with Crippen molar-refractivity contribution in [2.75, 3.05) is 26.7 Å². The van der Waals surface area contributed by atoms with Crippen LogP contribution in [0.25, 0.3) is 11.0 Å². The van der Waals surface area contributed by atoms with Crippen LogP contribution in [0.15, 0.2) is 18.3 Å². The molecular weight excluding hydrogens is 316 g/mol. The third-order valence-electron chi connectivity index (χ3n) is 4.34. The summed E-state index contributed by atoms with van der Waals surface area (Å²) in [4.78, 5) is 11.0. The molecule has 7 heteroatoms. The van der Waals surface area contributed by atoms with Gasteiger partial charge in [0.2, 0.25) is 5.88 Å². The number of aromatic nitrogens is 2. The Bertz CT molecular complexity index is 697. The average Bonchev–Trinajstić information content (AvgIpc) is 2.56. The molecule has 1 saturated heterocycles. The number of aliphatic hydroxyl groups excluding tert-OH is 1. The zero-order chi connectivity index (χ0) is 16.4. The van der Waals surface area contributed by atoms with Crippen LogP contribution in [0.4, 0.5) is 0 Å². The van der Waals surface area contributed by atoms with Gasteiger partial charge in [0, 0.05) is 37.0 Å². The standard InChI is InChI=1S/C16H21ClN4O2/c1-23-15-3-2-13-16(20-15)10(11(17)8-19-13)4-6-21-7-5-12(18)14(22)9-21/h2-3,8,12,14,22H,4-7,9,18H2,1H3/t12-,14+/m1/s1. The molecule has 2 aromatic rings. The van der Waals surface area contributed by atoms with Crippen molar-refractivity contribution in [3.8, 4) is 5.88 Å². The van der Waals surface area contributed by atoms with Crippen LogP contribution in [0, 0.1) is 0 Å². The summed E-state index contributed by atoms with van der Waals surface area (Å²) in [6.45, 7) is 2.27. The lowest BCUT2D eigenvalue weighted by Crippen LogP contribution is -2.50. The zero-order valence-corrected chi connectivity index (χ0v) is 13.8. The monoisotopic (exact) mass is 336 g/mol. The molecule has 0 spiro atoms. The maximum atomic E-state index is 9.91. The lowest BCUT2D eigenvalue weighted by atomic mass is 10.0. The van der Waals surface area contributed by atoms with E-state index >= 15 is 0 Å². The Labute approximate surface area is 140 Å². The fourth-order valence-corrected chi connectivity index (χ4v) is 3.15. The van der Waals surface area contributed by atoms with Gasteiger partial charge in [-0.05, 0) is 25.5 Å². The van der Waals surface area contributed by atoms with Crippen LogP contribution in [-0.4, -0.2) is 58.9 Å². The molecule has 124 valence electrons. The molecule has 0 unspecified atom stereocenters. The zero-order valence-electron chi connectivity index (χ0n) is 13.1. The van der Waals surface area contributed by atoms with Gasteiger partial charge in [0.05, 0.1) is 29.3 Å². The average molecular weight is 337 g/mol. The van der Waals surface area contributed by atoms with E-state index in [0.29, 0.717) is 17.4 Å². The Balaban J connectivity index is 1.80. The van der Waals surface area contributed by atoms with Crippen LogP contribution in [0.1, 0.15) is 12.0 Å². The maximum Gasteiger partial charge on any atom is 0.213 e. The van der Waals surface area contributed by atoms with Gasteiger partial charge in [-0.25, -0.2) is 4.98 Å². The molecule has 3 heterocycles. The Morgan fingerprint density at radius 2 is 2.30 bits per heavy atom. The molecule has 2 atom stereocenters. The minimum absolute atomic E-state index is 0.123. The van der Waals surface area contributed by atoms with Crippen LogP contribution < -0.4 is 10.5 Å². The molecule has 0 aliphatic carbocycles. The quantitative estimate of drug-likeness (QED) is 0.873. The summed E-state index contributed by atoms with van der Waals surface area (Å²) < 4.78 is 5.20. The van der Waals surface area contributed by atoms with E-state index in [1.54, 1.807) is 19.4 Å². The first-order valence-electron chi connectivity index (χ1n) is 7.72. The predicted octanol–water partition coefficient (Wildman–Crippen LogP) is 1.23. The molecule has 1 aliphatic heterocycles. The number of halogens is 1. The first kappa shape index (κ1) is 16.4. The van der Waals surface area contributed by atoms with E-state index in [-0.39, 0.29) is 6.04 Å². The van der Waals surface area contributed by atoms with Gasteiger partial charge in [0.1, 0.15) is 0 Å². The number of piperidine rings is 1. The second-order valence-electron chi connectivity index (χ2n) is 5.88. The number of likely N-dealkylation sites (tertiary alicyclic amines) is 1. The Kier molecular flexibility index (Phi) is 4.96. The molecule has 0 radical (unpaired) electrons. The molecule has 0 amide bonds. The largest absolute Gasteiger partial charge is 0.481 e. The van der Waals surface area contributed by atoms with E-state index in [1.165, 1.54) is 0 Å². The Hall–Kier alpha value is -1.47. The number of ether oxygens (including phenoxy) is 1. The summed E-state index contributed by atoms with van der Waals surface area (Å²) in [7, 11) is 1.59. The minimum atomic E-state index is -0.466. The lowest BCUT2D eigenvalue weighted by Gasteiger charge is -2.34. The molecule has 0 aromatic carbocycles. The van der Waals surface area contributed by atoms with E-state index < -0.39 is 6.10 Å². The number of pyridine rings is 2. The van der Waals surface area contributed by atoms with Crippen molar-refractivity contribution in [3.05, 3.63) is 28.9 Å². The normalized spacial score (nSPS) is 22.4. The highest BCUT2D eigenvalue weighted by molar-refractivity contribution is 6.32. The van der Waals surface area contributed by atoms with Crippen LogP contribution >= 0.6 is 11.6 Å². The smallest absolute Gasteiger partial charge is 0.213 e. The van der Waals surface area contributed by atoms with Crippen LogP contribution in [0.3, 0.4) is 0 Å². The van der Waals surface area contributed by atoms with Crippen molar-refractivity contribution < 1.29 is 9.84 Å². The van der Waals surface area contributed by atoms with E-state index in [0.717, 1.165) is 42.5 Å². The second-order valence-corrected chi connectivity index (χ2v) is 6.28. The number of nitrogens with zero attached hydrogens (tertiary/aromatic N) is 3. The van der Waals surface area contributed by atoms with Gasteiger partial charge in [-0.15, -0.1) is 0 Å². The summed E-state index contributed by atoms with van der Waals surface area (Å²) in [6.07, 6.45) is 2.73. The van der Waals surface area contributed by atoms with Gasteiger partial charge in [-0.1, -0.05) is 11.6 Å². The number of hydrogen-bond donors (Lipinski definition) is 2. The number of fused-ring (bicyclic) bond motifs is 1. The van der Waals surface area contributed by atoms with E-state index in [1.807, 2.05) is 6.07 Å². The molecule has 3 N–H and O–H groups in total. The maximum absolute atomic E-state index is 9.91. The first-order valence-corrected chi connectivity index (χ1v) is 8.10. The Morgan fingerprint density at radius 3 is 3.04 bits per heavy atom. The van der Waals surface area contributed by atoms with Gasteiger partial charge in [0.15, 0.2) is 0 Å². The van der Waals surface area contributed by atoms with Crippen LogP contribution in [0.5, 0.6) is 5.88 Å². The number of rotatable bonds is 4. The first-order chi connectivity index (χ1) is 11.1. The summed E-state index contributed by atoms with van der Waals surface area (Å²) in [5, 5.41) is 10.5. The molecular formula is C16H21ClN4O2. The SMILES string of the molecule is COc1ccc2ncc(Cl)c(CCN3CC[C@@H](N)[C@@H](O)C3)c2n1. The molecule has 1 aliphatic rings. The second kappa shape index (κ2) is 6.97. The molecule has 0 saturated carbocycles. The van der Waals surface area contributed by atoms with Gasteiger partial charge in [-0.2, -0.15) is 0 Å². The van der Waals surface area contributed by atoms with Crippen molar-refractivity contribution in [3.63, 3.8) is 0 Å². The van der Waals surface area contributed by atoms with Crippen molar-refractivity contribution in [2.24, 2.45) is 5.73 Å². The third-order valence-corrected chi connectivity index (χ3v) is 4.67. The summed E-state index contributed by atoms with van der Waals surface area (Å²) in [5.41, 5.74) is 8.37. The Morgan fingerprint density at radius 1 is 1.48 bits per heavy atom. The molecule has 2 aromatic heterocycles. The van der Waals surface area contributed by atoms with Crippen molar-refractivity contribution in [1.82, 2.24) is 14.9 Å². The molecule has 3 rings (SSSR count). The highest BCUT2D eigenvalue weighted by Crippen LogP contribution is 2.25. The third kappa shape index (κ3) is 3.55. The fraction of sp³-hybridized carbons (Fsp3) is 0.500. The molecule has 1 fully saturated rings. The van der Waals surface area contributed by atoms with Crippen molar-refractivity contribution in [1.29, 1.82) is 0 Å². The number of aliphatic hydroxyl groups is 1. The fourth-order valence-electron chi connectivity index (χ4n) is 2.92. The van der Waals surface area contributed by atoms with Gasteiger partial charge >= 0.3 is 0 Å². The van der Waals surface area contributed by atoms with Crippen molar-refractivity contribution in [2.45, 2.75) is 25.0 Å². The number of methoxy groups -OCH3 is 1. The topological polar surface area (TPSA) is 84.5 Å². The highest BCUT2D eigenvalue weighted by atomic mass is 35.5. The number of β-amino-alcohol motifs (C(OH)–C–C–N with tert-alkyl or cyclic N) is 1. The van der Waals surface area contributed by atoms with Crippen LogP contribution in [0.2, 0.25) is 5.02 Å². The summed E-state index contributed by atoms with van der Waals surface area (Å²) in [6, 6.07) is 3.54. The molecule has 0 bridgehead atoms. The summed E-state index contributed by atoms with van der Waals surface area (Å²) in [5.74, 6) is 0.544.